The smallest absolute Gasteiger partial charge is 0.251 e. The van der Waals surface area contributed by atoms with Gasteiger partial charge in [0.2, 0.25) is 5.12 Å². The monoisotopic (exact) mass is 565 g/mol. The molecule has 0 aliphatic carbocycles. The first-order chi connectivity index (χ1) is 17.8. The van der Waals surface area contributed by atoms with E-state index in [1.165, 1.54) is 11.8 Å². The van der Waals surface area contributed by atoms with Gasteiger partial charge in [-0.1, -0.05) is 82.9 Å². The van der Waals surface area contributed by atoms with Crippen molar-refractivity contribution < 1.29 is 9.59 Å². The normalized spacial score (nSPS) is 12.5. The van der Waals surface area contributed by atoms with Crippen molar-refractivity contribution in [2.75, 3.05) is 0 Å². The maximum atomic E-state index is 13.9. The first-order valence-electron chi connectivity index (χ1n) is 11.6. The zero-order valence-electron chi connectivity index (χ0n) is 20.3. The van der Waals surface area contributed by atoms with Crippen LogP contribution in [0.1, 0.15) is 32.3 Å². The summed E-state index contributed by atoms with van der Waals surface area (Å²) in [5.41, 5.74) is 3.42. The van der Waals surface area contributed by atoms with Gasteiger partial charge in [-0.2, -0.15) is 0 Å². The SMILES string of the molecule is Cc1ccc(SC(=O)[C@@H](NC(=O)c2ccccc2)[C@H](Sc2ccc(C)cc2)c2ccc(Cl)cc2Cl)cc1. The molecule has 0 radical (unpaired) electrons. The summed E-state index contributed by atoms with van der Waals surface area (Å²) in [6.07, 6.45) is 0. The number of carbonyl (C=O) groups is 2. The molecule has 0 unspecified atom stereocenters. The van der Waals surface area contributed by atoms with Crippen LogP contribution in [-0.2, 0) is 4.79 Å². The van der Waals surface area contributed by atoms with Gasteiger partial charge in [-0.3, -0.25) is 9.59 Å². The third kappa shape index (κ3) is 7.42. The summed E-state index contributed by atoms with van der Waals surface area (Å²) in [6.45, 7) is 4.02. The molecule has 0 saturated heterocycles. The molecule has 0 aliphatic rings. The Morgan fingerprint density at radius 3 is 1.95 bits per heavy atom. The first kappa shape index (κ1) is 27.3. The van der Waals surface area contributed by atoms with Crippen molar-refractivity contribution in [2.45, 2.75) is 34.9 Å². The van der Waals surface area contributed by atoms with E-state index in [0.29, 0.717) is 21.2 Å². The fourth-order valence-corrected chi connectivity index (χ4v) is 6.42. The molecule has 0 aliphatic heterocycles. The molecule has 0 fully saturated rings. The number of thioether (sulfide) groups is 2. The number of aryl methyl sites for hydroxylation is 2. The van der Waals surface area contributed by atoms with Crippen LogP contribution in [0.4, 0.5) is 0 Å². The van der Waals surface area contributed by atoms with Crippen molar-refractivity contribution in [2.24, 2.45) is 0 Å². The van der Waals surface area contributed by atoms with Gasteiger partial charge in [-0.15, -0.1) is 11.8 Å². The zero-order valence-corrected chi connectivity index (χ0v) is 23.4. The van der Waals surface area contributed by atoms with Crippen molar-refractivity contribution in [1.82, 2.24) is 5.32 Å². The van der Waals surface area contributed by atoms with E-state index in [1.54, 1.807) is 36.4 Å². The molecule has 37 heavy (non-hydrogen) atoms. The maximum Gasteiger partial charge on any atom is 0.251 e. The Morgan fingerprint density at radius 2 is 1.35 bits per heavy atom. The van der Waals surface area contributed by atoms with Gasteiger partial charge in [-0.25, -0.2) is 0 Å². The van der Waals surface area contributed by atoms with E-state index < -0.39 is 11.3 Å². The minimum absolute atomic E-state index is 0.191. The summed E-state index contributed by atoms with van der Waals surface area (Å²) < 4.78 is 0. The van der Waals surface area contributed by atoms with Crippen LogP contribution in [0.3, 0.4) is 0 Å². The van der Waals surface area contributed by atoms with Gasteiger partial charge in [0.1, 0.15) is 6.04 Å². The third-order valence-corrected chi connectivity index (χ3v) is 8.52. The van der Waals surface area contributed by atoms with Crippen LogP contribution >= 0.6 is 46.7 Å². The number of nitrogens with one attached hydrogen (secondary N) is 1. The fraction of sp³-hybridized carbons (Fsp3) is 0.133. The molecule has 7 heteroatoms. The largest absolute Gasteiger partial charge is 0.340 e. The summed E-state index contributed by atoms with van der Waals surface area (Å²) in [4.78, 5) is 28.9. The van der Waals surface area contributed by atoms with Gasteiger partial charge >= 0.3 is 0 Å². The molecule has 3 nitrogen and oxygen atoms in total. The molecule has 1 amide bonds. The first-order valence-corrected chi connectivity index (χ1v) is 14.1. The molecule has 0 bridgehead atoms. The predicted octanol–water partition coefficient (Wildman–Crippen LogP) is 8.56. The van der Waals surface area contributed by atoms with E-state index in [9.17, 15) is 9.59 Å². The number of rotatable bonds is 8. The highest BCUT2D eigenvalue weighted by Crippen LogP contribution is 2.43. The molecule has 0 aromatic heterocycles. The fourth-order valence-electron chi connectivity index (χ4n) is 3.67. The number of hydrogen-bond acceptors (Lipinski definition) is 4. The molecule has 188 valence electrons. The number of carbonyl (C=O) groups excluding carboxylic acids is 2. The lowest BCUT2D eigenvalue weighted by Gasteiger charge is -2.28. The topological polar surface area (TPSA) is 46.2 Å². The Kier molecular flexibility index (Phi) is 9.38. The van der Waals surface area contributed by atoms with Crippen molar-refractivity contribution in [3.63, 3.8) is 0 Å². The van der Waals surface area contributed by atoms with E-state index in [2.05, 4.69) is 5.32 Å². The highest BCUT2D eigenvalue weighted by Gasteiger charge is 2.34. The summed E-state index contributed by atoms with van der Waals surface area (Å²) in [5, 5.41) is 3.25. The van der Waals surface area contributed by atoms with Crippen LogP contribution in [-0.4, -0.2) is 17.1 Å². The maximum absolute atomic E-state index is 13.9. The number of benzene rings is 4. The summed E-state index contributed by atoms with van der Waals surface area (Å²) >= 11 is 15.4. The Bertz CT molecular complexity index is 1380. The minimum atomic E-state index is -0.885. The Morgan fingerprint density at radius 1 is 0.757 bits per heavy atom. The van der Waals surface area contributed by atoms with E-state index in [4.69, 9.17) is 23.2 Å². The number of hydrogen-bond donors (Lipinski definition) is 1. The van der Waals surface area contributed by atoms with Crippen molar-refractivity contribution in [3.05, 3.63) is 129 Å². The van der Waals surface area contributed by atoms with E-state index in [-0.39, 0.29) is 11.0 Å². The molecule has 4 aromatic rings. The molecule has 4 rings (SSSR count). The van der Waals surface area contributed by atoms with Crippen LogP contribution in [0.25, 0.3) is 0 Å². The predicted molar refractivity (Wildman–Crippen MR) is 156 cm³/mol. The highest BCUT2D eigenvalue weighted by molar-refractivity contribution is 8.14. The van der Waals surface area contributed by atoms with Gasteiger partial charge in [-0.05, 0) is 79.7 Å². The van der Waals surface area contributed by atoms with Gasteiger partial charge < -0.3 is 5.32 Å². The quantitative estimate of drug-likeness (QED) is 0.217. The Balaban J connectivity index is 1.76. The molecule has 0 heterocycles. The van der Waals surface area contributed by atoms with Crippen LogP contribution in [0.15, 0.2) is 107 Å². The summed E-state index contributed by atoms with van der Waals surface area (Å²) in [6, 6.07) is 29.0. The standard InChI is InChI=1S/C30H25Cl2NO2S2/c1-19-8-13-23(14-9-19)36-28(25-17-12-22(31)18-26(25)32)27(33-29(34)21-6-4-3-5-7-21)30(35)37-24-15-10-20(2)11-16-24/h3-18,27-28H,1-2H3,(H,33,34)/t27-,28+/m0/s1. The second-order valence-electron chi connectivity index (χ2n) is 8.57. The molecule has 0 spiro atoms. The molecular weight excluding hydrogens is 541 g/mol. The molecule has 0 saturated carbocycles. The zero-order chi connectivity index (χ0) is 26.4. The van der Waals surface area contributed by atoms with Crippen molar-refractivity contribution in [1.29, 1.82) is 0 Å². The van der Waals surface area contributed by atoms with Gasteiger partial charge in [0, 0.05) is 25.4 Å². The van der Waals surface area contributed by atoms with Crippen LogP contribution in [0.5, 0.6) is 0 Å². The molecule has 4 aromatic carbocycles. The van der Waals surface area contributed by atoms with Crippen LogP contribution < -0.4 is 5.32 Å². The van der Waals surface area contributed by atoms with Crippen molar-refractivity contribution >= 4 is 57.7 Å². The molecular formula is C30H25Cl2NO2S2. The summed E-state index contributed by atoms with van der Waals surface area (Å²) in [7, 11) is 0. The van der Waals surface area contributed by atoms with E-state index in [0.717, 1.165) is 32.7 Å². The van der Waals surface area contributed by atoms with E-state index >= 15 is 0 Å². The molecule has 2 atom stereocenters. The second-order valence-corrected chi connectivity index (χ2v) is 11.7. The lowest BCUT2D eigenvalue weighted by Crippen LogP contribution is -2.43. The Labute approximate surface area is 236 Å². The Hall–Kier alpha value is -2.70. The second kappa shape index (κ2) is 12.7. The summed E-state index contributed by atoms with van der Waals surface area (Å²) in [5.74, 6) is -0.331. The third-order valence-electron chi connectivity index (χ3n) is 5.67. The average Bonchev–Trinajstić information content (AvgIpc) is 2.89. The highest BCUT2D eigenvalue weighted by atomic mass is 35.5. The van der Waals surface area contributed by atoms with Gasteiger partial charge in [0.15, 0.2) is 0 Å². The minimum Gasteiger partial charge on any atom is -0.340 e. The lowest BCUT2D eigenvalue weighted by molar-refractivity contribution is -0.112. The number of amides is 1. The van der Waals surface area contributed by atoms with Gasteiger partial charge in [0.05, 0.1) is 5.25 Å². The lowest BCUT2D eigenvalue weighted by atomic mass is 10.0. The average molecular weight is 567 g/mol. The van der Waals surface area contributed by atoms with Crippen LogP contribution in [0.2, 0.25) is 10.0 Å². The van der Waals surface area contributed by atoms with Crippen LogP contribution in [0, 0.1) is 13.8 Å². The van der Waals surface area contributed by atoms with E-state index in [1.807, 2.05) is 74.5 Å². The number of halogens is 2. The van der Waals surface area contributed by atoms with Gasteiger partial charge in [0.25, 0.3) is 5.91 Å². The molecule has 1 N–H and O–H groups in total. The van der Waals surface area contributed by atoms with Crippen molar-refractivity contribution in [3.8, 4) is 0 Å².